The highest BCUT2D eigenvalue weighted by atomic mass is 32.2. The summed E-state index contributed by atoms with van der Waals surface area (Å²) in [5.74, 6) is -0.396. The van der Waals surface area contributed by atoms with Crippen molar-refractivity contribution in [3.05, 3.63) is 16.3 Å². The van der Waals surface area contributed by atoms with Gasteiger partial charge in [0.2, 0.25) is 11.8 Å². The second kappa shape index (κ2) is 5.12. The van der Waals surface area contributed by atoms with Crippen molar-refractivity contribution in [3.8, 4) is 0 Å². The maximum atomic E-state index is 11.1. The first-order valence-electron chi connectivity index (χ1n) is 4.90. The minimum Gasteiger partial charge on any atom is -0.368 e. The van der Waals surface area contributed by atoms with E-state index in [1.165, 1.54) is 0 Å². The number of nitrogen functional groups attached to an aromatic ring is 1. The Kier molecular flexibility index (Phi) is 4.01. The first-order chi connectivity index (χ1) is 8.19. The molecule has 0 aliphatic heterocycles. The van der Waals surface area contributed by atoms with Crippen LogP contribution < -0.4 is 11.1 Å². The molecule has 0 saturated carbocycles. The largest absolute Gasteiger partial charge is 0.368 e. The third-order valence-electron chi connectivity index (χ3n) is 1.92. The molecule has 1 heterocycles. The van der Waals surface area contributed by atoms with Crippen LogP contribution in [-0.2, 0) is 9.84 Å². The lowest BCUT2D eigenvalue weighted by Gasteiger charge is -2.13. The lowest BCUT2D eigenvalue weighted by atomic mass is 10.3. The Morgan fingerprint density at radius 3 is 2.72 bits per heavy atom. The Morgan fingerprint density at radius 1 is 1.61 bits per heavy atom. The quantitative estimate of drug-likeness (QED) is 0.556. The number of anilines is 2. The molecule has 1 rings (SSSR count). The van der Waals surface area contributed by atoms with Crippen LogP contribution in [0.1, 0.15) is 6.92 Å². The second-order valence-electron chi connectivity index (χ2n) is 3.86. The van der Waals surface area contributed by atoms with Crippen LogP contribution in [0, 0.1) is 10.1 Å². The maximum absolute atomic E-state index is 11.1. The van der Waals surface area contributed by atoms with Gasteiger partial charge in [-0.15, -0.1) is 0 Å². The fourth-order valence-corrected chi connectivity index (χ4v) is 2.35. The standard InChI is InChI=1S/C8H13N5O4S/c1-5(4-18(2,16)17)11-7-6(13(14)15)3-10-8(9)12-7/h3,5H,4H2,1-2H3,(H3,9,10,11,12). The number of rotatable bonds is 5. The van der Waals surface area contributed by atoms with Gasteiger partial charge in [0.15, 0.2) is 0 Å². The van der Waals surface area contributed by atoms with Crippen molar-refractivity contribution < 1.29 is 13.3 Å². The van der Waals surface area contributed by atoms with E-state index in [2.05, 4.69) is 15.3 Å². The van der Waals surface area contributed by atoms with Crippen molar-refractivity contribution in [2.45, 2.75) is 13.0 Å². The van der Waals surface area contributed by atoms with E-state index >= 15 is 0 Å². The maximum Gasteiger partial charge on any atom is 0.329 e. The Hall–Kier alpha value is -1.97. The van der Waals surface area contributed by atoms with Crippen LogP contribution in [0.15, 0.2) is 6.20 Å². The SMILES string of the molecule is CC(CS(C)(=O)=O)Nc1nc(N)ncc1[N+](=O)[O-]. The van der Waals surface area contributed by atoms with E-state index in [0.29, 0.717) is 0 Å². The van der Waals surface area contributed by atoms with Crippen molar-refractivity contribution in [2.24, 2.45) is 0 Å². The number of sulfone groups is 1. The smallest absolute Gasteiger partial charge is 0.329 e. The first kappa shape index (κ1) is 14.1. The molecule has 1 aromatic heterocycles. The van der Waals surface area contributed by atoms with Gasteiger partial charge < -0.3 is 11.1 Å². The molecular formula is C8H13N5O4S. The summed E-state index contributed by atoms with van der Waals surface area (Å²) in [5, 5.41) is 13.4. The van der Waals surface area contributed by atoms with Gasteiger partial charge in [-0.3, -0.25) is 10.1 Å². The molecule has 1 unspecified atom stereocenters. The zero-order chi connectivity index (χ0) is 13.9. The summed E-state index contributed by atoms with van der Waals surface area (Å²) >= 11 is 0. The number of hydrogen-bond donors (Lipinski definition) is 2. The van der Waals surface area contributed by atoms with Crippen LogP contribution in [0.4, 0.5) is 17.5 Å². The van der Waals surface area contributed by atoms with Crippen molar-refractivity contribution in [3.63, 3.8) is 0 Å². The zero-order valence-corrected chi connectivity index (χ0v) is 10.6. The number of nitrogens with zero attached hydrogens (tertiary/aromatic N) is 3. The average molecular weight is 275 g/mol. The first-order valence-corrected chi connectivity index (χ1v) is 6.96. The fourth-order valence-electron chi connectivity index (χ4n) is 1.36. The fraction of sp³-hybridized carbons (Fsp3) is 0.500. The van der Waals surface area contributed by atoms with Crippen molar-refractivity contribution in [2.75, 3.05) is 23.1 Å². The second-order valence-corrected chi connectivity index (χ2v) is 6.04. The zero-order valence-electron chi connectivity index (χ0n) is 9.82. The summed E-state index contributed by atoms with van der Waals surface area (Å²) in [6.07, 6.45) is 2.05. The third-order valence-corrected chi connectivity index (χ3v) is 3.03. The highest BCUT2D eigenvalue weighted by Gasteiger charge is 2.19. The van der Waals surface area contributed by atoms with E-state index in [1.54, 1.807) is 6.92 Å². The molecule has 0 spiro atoms. The van der Waals surface area contributed by atoms with Gasteiger partial charge in [-0.1, -0.05) is 0 Å². The minimum atomic E-state index is -3.19. The summed E-state index contributed by atoms with van der Waals surface area (Å²) in [6, 6.07) is -0.534. The van der Waals surface area contributed by atoms with E-state index < -0.39 is 20.8 Å². The van der Waals surface area contributed by atoms with Crippen molar-refractivity contribution >= 4 is 27.3 Å². The molecule has 100 valence electrons. The molecule has 0 amide bonds. The molecule has 0 saturated heterocycles. The normalized spacial score (nSPS) is 13.0. The summed E-state index contributed by atoms with van der Waals surface area (Å²) in [6.45, 7) is 1.57. The predicted molar refractivity (Wildman–Crippen MR) is 65.9 cm³/mol. The molecule has 1 atom stereocenters. The van der Waals surface area contributed by atoms with Crippen molar-refractivity contribution in [1.82, 2.24) is 9.97 Å². The Bertz CT molecular complexity index is 559. The molecule has 18 heavy (non-hydrogen) atoms. The van der Waals surface area contributed by atoms with Gasteiger partial charge in [0.05, 0.1) is 10.7 Å². The van der Waals surface area contributed by atoms with Gasteiger partial charge in [0.1, 0.15) is 16.0 Å². The molecular weight excluding hydrogens is 262 g/mol. The molecule has 0 aliphatic rings. The van der Waals surface area contributed by atoms with Crippen LogP contribution in [-0.4, -0.2) is 41.4 Å². The topological polar surface area (TPSA) is 141 Å². The minimum absolute atomic E-state index is 0.0938. The molecule has 0 bridgehead atoms. The summed E-state index contributed by atoms with van der Waals surface area (Å²) < 4.78 is 22.2. The van der Waals surface area contributed by atoms with E-state index in [1.807, 2.05) is 0 Å². The van der Waals surface area contributed by atoms with Gasteiger partial charge in [0, 0.05) is 12.3 Å². The molecule has 9 nitrogen and oxygen atoms in total. The van der Waals surface area contributed by atoms with Crippen LogP contribution >= 0.6 is 0 Å². The molecule has 10 heteroatoms. The van der Waals surface area contributed by atoms with Crippen LogP contribution in [0.3, 0.4) is 0 Å². The lowest BCUT2D eigenvalue weighted by Crippen LogP contribution is -2.26. The van der Waals surface area contributed by atoms with Gasteiger partial charge in [-0.2, -0.15) is 4.98 Å². The highest BCUT2D eigenvalue weighted by molar-refractivity contribution is 7.90. The van der Waals surface area contributed by atoms with E-state index in [0.717, 1.165) is 12.5 Å². The molecule has 0 aliphatic carbocycles. The predicted octanol–water partition coefficient (Wildman–Crippen LogP) is -0.188. The molecule has 0 fully saturated rings. The number of hydrogen-bond acceptors (Lipinski definition) is 8. The third kappa shape index (κ3) is 4.13. The van der Waals surface area contributed by atoms with Crippen LogP contribution in [0.5, 0.6) is 0 Å². The number of aromatic nitrogens is 2. The van der Waals surface area contributed by atoms with E-state index in [-0.39, 0.29) is 23.2 Å². The monoisotopic (exact) mass is 275 g/mol. The number of nitrogens with two attached hydrogens (primary N) is 1. The summed E-state index contributed by atoms with van der Waals surface area (Å²) in [7, 11) is -3.19. The summed E-state index contributed by atoms with van der Waals surface area (Å²) in [4.78, 5) is 17.2. The Morgan fingerprint density at radius 2 is 2.22 bits per heavy atom. The van der Waals surface area contributed by atoms with Gasteiger partial charge >= 0.3 is 5.69 Å². The van der Waals surface area contributed by atoms with Crippen LogP contribution in [0.2, 0.25) is 0 Å². The molecule has 1 aromatic rings. The van der Waals surface area contributed by atoms with E-state index in [9.17, 15) is 18.5 Å². The van der Waals surface area contributed by atoms with E-state index in [4.69, 9.17) is 5.73 Å². The number of nitrogens with one attached hydrogen (secondary N) is 1. The molecule has 3 N–H and O–H groups in total. The lowest BCUT2D eigenvalue weighted by molar-refractivity contribution is -0.384. The highest BCUT2D eigenvalue weighted by Crippen LogP contribution is 2.21. The summed E-state index contributed by atoms with van der Waals surface area (Å²) in [5.41, 5.74) is 4.97. The van der Waals surface area contributed by atoms with Gasteiger partial charge in [0.25, 0.3) is 0 Å². The van der Waals surface area contributed by atoms with Crippen molar-refractivity contribution in [1.29, 1.82) is 0 Å². The molecule has 0 radical (unpaired) electrons. The van der Waals surface area contributed by atoms with Gasteiger partial charge in [-0.05, 0) is 6.92 Å². The van der Waals surface area contributed by atoms with Gasteiger partial charge in [-0.25, -0.2) is 13.4 Å². The average Bonchev–Trinajstić information content (AvgIpc) is 2.13. The van der Waals surface area contributed by atoms with Crippen LogP contribution in [0.25, 0.3) is 0 Å². The Balaban J connectivity index is 2.96. The number of nitro groups is 1. The molecule has 0 aromatic carbocycles. The Labute approximate surface area is 103 Å².